The van der Waals surface area contributed by atoms with Gasteiger partial charge in [-0.3, -0.25) is 4.79 Å². The van der Waals surface area contributed by atoms with Crippen molar-refractivity contribution < 1.29 is 13.2 Å². The van der Waals surface area contributed by atoms with Crippen molar-refractivity contribution in [2.45, 2.75) is 30.6 Å². The molecule has 0 aliphatic heterocycles. The van der Waals surface area contributed by atoms with Gasteiger partial charge in [-0.2, -0.15) is 0 Å². The Morgan fingerprint density at radius 1 is 1.00 bits per heavy atom. The molecule has 0 unspecified atom stereocenters. The zero-order chi connectivity index (χ0) is 16.3. The molecule has 3 rings (SSSR count). The second-order valence-electron chi connectivity index (χ2n) is 6.44. The third-order valence-corrected chi connectivity index (χ3v) is 5.56. The van der Waals surface area contributed by atoms with Crippen molar-refractivity contribution in [3.8, 4) is 0 Å². The Balaban J connectivity index is 0.00000208. The van der Waals surface area contributed by atoms with Gasteiger partial charge in [0.2, 0.25) is 15.9 Å². The zero-order valence-corrected chi connectivity index (χ0v) is 15.1. The van der Waals surface area contributed by atoms with Crippen LogP contribution in [0.4, 0.5) is 5.69 Å². The van der Waals surface area contributed by atoms with Crippen LogP contribution in [0.25, 0.3) is 0 Å². The van der Waals surface area contributed by atoms with E-state index in [4.69, 9.17) is 0 Å². The molecule has 0 bridgehead atoms. The Morgan fingerprint density at radius 2 is 1.58 bits per heavy atom. The van der Waals surface area contributed by atoms with Crippen molar-refractivity contribution in [2.75, 3.05) is 25.0 Å². The van der Waals surface area contributed by atoms with E-state index >= 15 is 0 Å². The molecule has 0 saturated heterocycles. The maximum Gasteiger partial charge on any atom is 0.240 e. The molecule has 0 spiro atoms. The molecule has 134 valence electrons. The van der Waals surface area contributed by atoms with Crippen LogP contribution < -0.4 is 15.4 Å². The first-order valence-corrected chi connectivity index (χ1v) is 9.61. The first kappa shape index (κ1) is 19.2. The Labute approximate surface area is 149 Å². The van der Waals surface area contributed by atoms with E-state index in [2.05, 4.69) is 15.4 Å². The maximum absolute atomic E-state index is 12.1. The number of rotatable bonds is 9. The SMILES string of the molecule is Cl.O=C(CNCC1CC1)Nc1ccc(S(=O)(=O)NCC2CC2)cc1. The fourth-order valence-electron chi connectivity index (χ4n) is 2.27. The van der Waals surface area contributed by atoms with E-state index in [1.54, 1.807) is 12.1 Å². The lowest BCUT2D eigenvalue weighted by Gasteiger charge is -2.09. The number of sulfonamides is 1. The number of nitrogens with one attached hydrogen (secondary N) is 3. The van der Waals surface area contributed by atoms with E-state index in [1.807, 2.05) is 0 Å². The van der Waals surface area contributed by atoms with Gasteiger partial charge in [0.25, 0.3) is 0 Å². The molecule has 2 aliphatic carbocycles. The number of amides is 1. The molecule has 24 heavy (non-hydrogen) atoms. The summed E-state index contributed by atoms with van der Waals surface area (Å²) < 4.78 is 26.8. The summed E-state index contributed by atoms with van der Waals surface area (Å²) in [7, 11) is -3.45. The first-order chi connectivity index (χ1) is 11.0. The number of benzene rings is 1. The smallest absolute Gasteiger partial charge is 0.240 e. The molecule has 0 radical (unpaired) electrons. The summed E-state index contributed by atoms with van der Waals surface area (Å²) in [5.74, 6) is 1.11. The molecule has 2 saturated carbocycles. The van der Waals surface area contributed by atoms with Crippen LogP contribution >= 0.6 is 12.4 Å². The molecule has 2 aliphatic rings. The van der Waals surface area contributed by atoms with E-state index < -0.39 is 10.0 Å². The minimum Gasteiger partial charge on any atom is -0.325 e. The van der Waals surface area contributed by atoms with Gasteiger partial charge in [-0.05, 0) is 68.3 Å². The molecule has 1 amide bonds. The molecule has 8 heteroatoms. The molecule has 6 nitrogen and oxygen atoms in total. The van der Waals surface area contributed by atoms with Crippen LogP contribution in [0.2, 0.25) is 0 Å². The van der Waals surface area contributed by atoms with Crippen LogP contribution in [0.15, 0.2) is 29.2 Å². The monoisotopic (exact) mass is 373 g/mol. The number of hydrogen-bond acceptors (Lipinski definition) is 4. The first-order valence-electron chi connectivity index (χ1n) is 8.13. The van der Waals surface area contributed by atoms with Gasteiger partial charge in [0.15, 0.2) is 0 Å². The minimum atomic E-state index is -3.45. The normalized spacial score (nSPS) is 17.2. The molecular weight excluding hydrogens is 350 g/mol. The third kappa shape index (κ3) is 6.05. The van der Waals surface area contributed by atoms with E-state index in [0.29, 0.717) is 18.2 Å². The van der Waals surface area contributed by atoms with Gasteiger partial charge < -0.3 is 10.6 Å². The lowest BCUT2D eigenvalue weighted by atomic mass is 10.3. The van der Waals surface area contributed by atoms with Gasteiger partial charge >= 0.3 is 0 Å². The van der Waals surface area contributed by atoms with E-state index in [9.17, 15) is 13.2 Å². The number of anilines is 1. The standard InChI is InChI=1S/C16H23N3O3S.ClH/c20-16(11-17-9-12-1-2-12)19-14-5-7-15(8-6-14)23(21,22)18-10-13-3-4-13;/h5-8,12-13,17-18H,1-4,9-11H2,(H,19,20);1H. The average Bonchev–Trinajstić information content (AvgIpc) is 3.40. The highest BCUT2D eigenvalue weighted by atomic mass is 35.5. The van der Waals surface area contributed by atoms with Crippen molar-refractivity contribution in [3.05, 3.63) is 24.3 Å². The summed E-state index contributed by atoms with van der Waals surface area (Å²) in [4.78, 5) is 12.0. The van der Waals surface area contributed by atoms with Gasteiger partial charge in [0.05, 0.1) is 11.4 Å². The second kappa shape index (κ2) is 8.29. The van der Waals surface area contributed by atoms with Crippen molar-refractivity contribution in [1.82, 2.24) is 10.0 Å². The summed E-state index contributed by atoms with van der Waals surface area (Å²) in [6.45, 7) is 1.67. The van der Waals surface area contributed by atoms with E-state index in [1.165, 1.54) is 25.0 Å². The van der Waals surface area contributed by atoms with Crippen LogP contribution in [0.5, 0.6) is 0 Å². The van der Waals surface area contributed by atoms with Gasteiger partial charge in [-0.25, -0.2) is 13.1 Å². The van der Waals surface area contributed by atoms with Crippen LogP contribution in [0.1, 0.15) is 25.7 Å². The Bertz CT molecular complexity index is 656. The summed E-state index contributed by atoms with van der Waals surface area (Å²) in [5, 5.41) is 5.88. The van der Waals surface area contributed by atoms with Gasteiger partial charge in [0.1, 0.15) is 0 Å². The quantitative estimate of drug-likeness (QED) is 0.615. The molecular formula is C16H24ClN3O3S. The highest BCUT2D eigenvalue weighted by Crippen LogP contribution is 2.28. The highest BCUT2D eigenvalue weighted by Gasteiger charge is 2.24. The molecule has 1 aromatic rings. The molecule has 0 heterocycles. The number of carbonyl (C=O) groups is 1. The lowest BCUT2D eigenvalue weighted by molar-refractivity contribution is -0.115. The van der Waals surface area contributed by atoms with Crippen LogP contribution in [-0.2, 0) is 14.8 Å². The maximum atomic E-state index is 12.1. The molecule has 3 N–H and O–H groups in total. The number of halogens is 1. The van der Waals surface area contributed by atoms with Gasteiger partial charge in [-0.1, -0.05) is 0 Å². The Kier molecular flexibility index (Phi) is 6.62. The highest BCUT2D eigenvalue weighted by molar-refractivity contribution is 7.89. The van der Waals surface area contributed by atoms with Crippen molar-refractivity contribution in [2.24, 2.45) is 11.8 Å². The van der Waals surface area contributed by atoms with Crippen molar-refractivity contribution in [1.29, 1.82) is 0 Å². The number of hydrogen-bond donors (Lipinski definition) is 3. The average molecular weight is 374 g/mol. The molecule has 0 atom stereocenters. The number of carbonyl (C=O) groups excluding carboxylic acids is 1. The molecule has 1 aromatic carbocycles. The fraction of sp³-hybridized carbons (Fsp3) is 0.562. The second-order valence-corrected chi connectivity index (χ2v) is 8.21. The topological polar surface area (TPSA) is 87.3 Å². The lowest BCUT2D eigenvalue weighted by Crippen LogP contribution is -2.29. The van der Waals surface area contributed by atoms with Crippen LogP contribution in [0, 0.1) is 11.8 Å². The largest absolute Gasteiger partial charge is 0.325 e. The molecule has 0 aromatic heterocycles. The third-order valence-electron chi connectivity index (χ3n) is 4.12. The molecule has 2 fully saturated rings. The Hall–Kier alpha value is -1.15. The summed E-state index contributed by atoms with van der Waals surface area (Å²) in [6, 6.07) is 6.26. The van der Waals surface area contributed by atoms with E-state index in [0.717, 1.165) is 25.3 Å². The summed E-state index contributed by atoms with van der Waals surface area (Å²) >= 11 is 0. The van der Waals surface area contributed by atoms with Gasteiger partial charge in [-0.15, -0.1) is 12.4 Å². The van der Waals surface area contributed by atoms with Crippen LogP contribution in [-0.4, -0.2) is 34.0 Å². The summed E-state index contributed by atoms with van der Waals surface area (Å²) in [5.41, 5.74) is 0.601. The van der Waals surface area contributed by atoms with E-state index in [-0.39, 0.29) is 29.8 Å². The summed E-state index contributed by atoms with van der Waals surface area (Å²) in [6.07, 6.45) is 4.70. The minimum absolute atomic E-state index is 0. The van der Waals surface area contributed by atoms with Crippen LogP contribution in [0.3, 0.4) is 0 Å². The van der Waals surface area contributed by atoms with Gasteiger partial charge in [0, 0.05) is 12.2 Å². The van der Waals surface area contributed by atoms with Crippen molar-refractivity contribution in [3.63, 3.8) is 0 Å². The zero-order valence-electron chi connectivity index (χ0n) is 13.5. The predicted octanol–water partition coefficient (Wildman–Crippen LogP) is 1.73. The Morgan fingerprint density at radius 3 is 2.17 bits per heavy atom. The van der Waals surface area contributed by atoms with Crippen molar-refractivity contribution >= 4 is 34.0 Å². The fourth-order valence-corrected chi connectivity index (χ4v) is 3.38. The predicted molar refractivity (Wildman–Crippen MR) is 95.8 cm³/mol.